The summed E-state index contributed by atoms with van der Waals surface area (Å²) in [4.78, 5) is 0. The Hall–Kier alpha value is 0.240. The van der Waals surface area contributed by atoms with Crippen LogP contribution in [0.1, 0.15) is 27.2 Å². The van der Waals surface area contributed by atoms with Crippen molar-refractivity contribution in [2.24, 2.45) is 0 Å². The summed E-state index contributed by atoms with van der Waals surface area (Å²) in [6, 6.07) is 0. The van der Waals surface area contributed by atoms with Gasteiger partial charge >= 0.3 is 0 Å². The van der Waals surface area contributed by atoms with E-state index in [1.165, 1.54) is 6.42 Å². The fourth-order valence-electron chi connectivity index (χ4n) is 1.30. The molecule has 1 nitrogen and oxygen atoms in total. The van der Waals surface area contributed by atoms with E-state index in [0.717, 1.165) is 4.32 Å². The predicted octanol–water partition coefficient (Wildman–Crippen LogP) is 2.16. The molecule has 1 saturated heterocycles. The maximum atomic E-state index is 5.08. The minimum absolute atomic E-state index is 0.210. The third-order valence-electron chi connectivity index (χ3n) is 1.55. The van der Waals surface area contributed by atoms with Gasteiger partial charge in [-0.15, -0.1) is 0 Å². The first kappa shape index (κ1) is 8.34. The van der Waals surface area contributed by atoms with Crippen molar-refractivity contribution in [2.45, 2.75) is 38.0 Å². The summed E-state index contributed by atoms with van der Waals surface area (Å²) in [6.07, 6.45) is 1.19. The first-order valence-corrected chi connectivity index (χ1v) is 4.77. The van der Waals surface area contributed by atoms with Crippen molar-refractivity contribution in [1.29, 1.82) is 0 Å². The van der Waals surface area contributed by atoms with Gasteiger partial charge in [0.15, 0.2) is 0 Å². The van der Waals surface area contributed by atoms with Crippen molar-refractivity contribution in [3.05, 3.63) is 0 Å². The van der Waals surface area contributed by atoms with Crippen molar-refractivity contribution < 1.29 is 0 Å². The lowest BCUT2D eigenvalue weighted by atomic mass is 9.99. The number of thiocarbonyl (C=S) groups is 1. The lowest BCUT2D eigenvalue weighted by molar-refractivity contribution is 0.424. The number of thioether (sulfide) groups is 1. The molecule has 58 valence electrons. The molecule has 0 aromatic heterocycles. The molecule has 0 aromatic carbocycles. The van der Waals surface area contributed by atoms with Crippen LogP contribution in [-0.4, -0.2) is 15.1 Å². The standard InChI is InChI=1S/C7H13NS2/c1-5-4-7(2,3)8-6(9)10-5/h5H,4H2,1-3H3,(H,8,9)/t5-/m1/s1. The Morgan fingerprint density at radius 2 is 2.30 bits per heavy atom. The van der Waals surface area contributed by atoms with Crippen LogP contribution in [-0.2, 0) is 0 Å². The van der Waals surface area contributed by atoms with E-state index in [0.29, 0.717) is 5.25 Å². The zero-order valence-electron chi connectivity index (χ0n) is 6.60. The first-order chi connectivity index (χ1) is 4.49. The Kier molecular flexibility index (Phi) is 2.25. The monoisotopic (exact) mass is 175 g/mol. The summed E-state index contributed by atoms with van der Waals surface area (Å²) in [5, 5.41) is 3.95. The summed E-state index contributed by atoms with van der Waals surface area (Å²) in [7, 11) is 0. The van der Waals surface area contributed by atoms with Gasteiger partial charge in [-0.1, -0.05) is 30.9 Å². The summed E-state index contributed by atoms with van der Waals surface area (Å²) in [5.74, 6) is 0. The van der Waals surface area contributed by atoms with E-state index < -0.39 is 0 Å². The third kappa shape index (κ3) is 2.13. The van der Waals surface area contributed by atoms with Crippen molar-refractivity contribution in [3.63, 3.8) is 0 Å². The lowest BCUT2D eigenvalue weighted by Gasteiger charge is -2.35. The second-order valence-corrected chi connectivity index (χ2v) is 5.54. The van der Waals surface area contributed by atoms with Crippen LogP contribution >= 0.6 is 24.0 Å². The highest BCUT2D eigenvalue weighted by molar-refractivity contribution is 8.23. The van der Waals surface area contributed by atoms with Gasteiger partial charge in [-0.25, -0.2) is 0 Å². The normalized spacial score (nSPS) is 31.5. The zero-order valence-corrected chi connectivity index (χ0v) is 8.23. The minimum Gasteiger partial charge on any atom is -0.366 e. The van der Waals surface area contributed by atoms with Crippen molar-refractivity contribution in [1.82, 2.24) is 5.32 Å². The molecule has 0 unspecified atom stereocenters. The Labute approximate surface area is 72.0 Å². The second kappa shape index (κ2) is 2.70. The van der Waals surface area contributed by atoms with Crippen LogP contribution in [0.4, 0.5) is 0 Å². The highest BCUT2D eigenvalue weighted by Crippen LogP contribution is 2.28. The van der Waals surface area contributed by atoms with E-state index >= 15 is 0 Å². The maximum absolute atomic E-state index is 5.08. The molecular weight excluding hydrogens is 162 g/mol. The topological polar surface area (TPSA) is 12.0 Å². The Morgan fingerprint density at radius 3 is 2.70 bits per heavy atom. The smallest absolute Gasteiger partial charge is 0.134 e. The second-order valence-electron chi connectivity index (χ2n) is 3.43. The van der Waals surface area contributed by atoms with Gasteiger partial charge in [-0.05, 0) is 20.3 Å². The zero-order chi connectivity index (χ0) is 7.78. The molecule has 0 amide bonds. The van der Waals surface area contributed by atoms with Crippen LogP contribution in [0.5, 0.6) is 0 Å². The molecule has 0 aromatic rings. The van der Waals surface area contributed by atoms with Crippen LogP contribution in [0.25, 0.3) is 0 Å². The van der Waals surface area contributed by atoms with Crippen LogP contribution in [0.15, 0.2) is 0 Å². The maximum Gasteiger partial charge on any atom is 0.134 e. The molecule has 1 rings (SSSR count). The summed E-state index contributed by atoms with van der Waals surface area (Å²) in [6.45, 7) is 6.60. The molecule has 1 N–H and O–H groups in total. The van der Waals surface area contributed by atoms with E-state index in [2.05, 4.69) is 26.1 Å². The molecule has 1 fully saturated rings. The Morgan fingerprint density at radius 1 is 1.70 bits per heavy atom. The van der Waals surface area contributed by atoms with E-state index in [1.54, 1.807) is 11.8 Å². The van der Waals surface area contributed by atoms with Gasteiger partial charge in [-0.2, -0.15) is 0 Å². The van der Waals surface area contributed by atoms with Crippen molar-refractivity contribution in [2.75, 3.05) is 0 Å². The van der Waals surface area contributed by atoms with Crippen LogP contribution in [0, 0.1) is 0 Å². The van der Waals surface area contributed by atoms with Gasteiger partial charge in [0, 0.05) is 10.8 Å². The molecule has 1 atom stereocenters. The SMILES string of the molecule is C[C@@H]1CC(C)(C)NC(=S)S1. The quantitative estimate of drug-likeness (QED) is 0.567. The van der Waals surface area contributed by atoms with Crippen LogP contribution in [0.3, 0.4) is 0 Å². The highest BCUT2D eigenvalue weighted by atomic mass is 32.2. The fraction of sp³-hybridized carbons (Fsp3) is 0.857. The molecule has 0 aliphatic carbocycles. The average Bonchev–Trinajstić information content (AvgIpc) is 1.54. The Balaban J connectivity index is 2.59. The lowest BCUT2D eigenvalue weighted by Crippen LogP contribution is -2.47. The molecule has 0 bridgehead atoms. The van der Waals surface area contributed by atoms with E-state index in [1.807, 2.05) is 0 Å². The van der Waals surface area contributed by atoms with Crippen LogP contribution in [0.2, 0.25) is 0 Å². The molecule has 1 aliphatic rings. The molecular formula is C7H13NS2. The fourth-order valence-corrected chi connectivity index (χ4v) is 3.27. The summed E-state index contributed by atoms with van der Waals surface area (Å²) >= 11 is 6.85. The molecule has 10 heavy (non-hydrogen) atoms. The van der Waals surface area contributed by atoms with Crippen LogP contribution < -0.4 is 5.32 Å². The highest BCUT2D eigenvalue weighted by Gasteiger charge is 2.27. The van der Waals surface area contributed by atoms with Gasteiger partial charge < -0.3 is 5.32 Å². The first-order valence-electron chi connectivity index (χ1n) is 3.48. The summed E-state index contributed by atoms with van der Waals surface area (Å²) in [5.41, 5.74) is 0.210. The van der Waals surface area contributed by atoms with Gasteiger partial charge in [0.1, 0.15) is 4.32 Å². The number of hydrogen-bond donors (Lipinski definition) is 1. The molecule has 1 aliphatic heterocycles. The van der Waals surface area contributed by atoms with Gasteiger partial charge in [0.25, 0.3) is 0 Å². The molecule has 0 saturated carbocycles. The number of nitrogens with one attached hydrogen (secondary N) is 1. The summed E-state index contributed by atoms with van der Waals surface area (Å²) < 4.78 is 0.948. The molecule has 3 heteroatoms. The number of hydrogen-bond acceptors (Lipinski definition) is 2. The Bertz CT molecular complexity index is 154. The molecule has 0 radical (unpaired) electrons. The molecule has 0 spiro atoms. The predicted molar refractivity (Wildman–Crippen MR) is 51.5 cm³/mol. The van der Waals surface area contributed by atoms with Crippen molar-refractivity contribution in [3.8, 4) is 0 Å². The minimum atomic E-state index is 0.210. The van der Waals surface area contributed by atoms with Crippen molar-refractivity contribution >= 4 is 28.3 Å². The third-order valence-corrected chi connectivity index (χ3v) is 2.82. The number of rotatable bonds is 0. The van der Waals surface area contributed by atoms with Gasteiger partial charge in [0.2, 0.25) is 0 Å². The average molecular weight is 175 g/mol. The van der Waals surface area contributed by atoms with E-state index in [-0.39, 0.29) is 5.54 Å². The van der Waals surface area contributed by atoms with E-state index in [9.17, 15) is 0 Å². The molecule has 1 heterocycles. The largest absolute Gasteiger partial charge is 0.366 e. The van der Waals surface area contributed by atoms with Gasteiger partial charge in [0.05, 0.1) is 0 Å². The van der Waals surface area contributed by atoms with E-state index in [4.69, 9.17) is 12.2 Å². The van der Waals surface area contributed by atoms with Gasteiger partial charge in [-0.3, -0.25) is 0 Å².